The van der Waals surface area contributed by atoms with Crippen LogP contribution in [0.5, 0.6) is 5.75 Å². The number of hydrogen-bond donors (Lipinski definition) is 2. The van der Waals surface area contributed by atoms with Gasteiger partial charge in [-0.25, -0.2) is 0 Å². The highest BCUT2D eigenvalue weighted by atomic mass is 79.9. The summed E-state index contributed by atoms with van der Waals surface area (Å²) >= 11 is 3.07. The molecule has 0 saturated carbocycles. The molecule has 0 atom stereocenters. The fraction of sp³-hybridized carbons (Fsp3) is 0.143. The van der Waals surface area contributed by atoms with Crippen molar-refractivity contribution in [2.75, 3.05) is 7.04 Å². The van der Waals surface area contributed by atoms with Crippen LogP contribution in [0.25, 0.3) is 0 Å². The normalized spacial score (nSPS) is 14.4. The second-order valence-corrected chi connectivity index (χ2v) is 2.99. The standard InChI is InChI=1S/C7H8BBrO3/c1-12-7-5(8(10)11)3-2-4-6(7)9/h2-4,10-11H,1H3/i1D3. The molecule has 0 aromatic heterocycles. The van der Waals surface area contributed by atoms with E-state index in [2.05, 4.69) is 20.7 Å². The Hall–Kier alpha value is -0.515. The van der Waals surface area contributed by atoms with E-state index in [0.29, 0.717) is 4.47 Å². The lowest BCUT2D eigenvalue weighted by atomic mass is 9.80. The van der Waals surface area contributed by atoms with Gasteiger partial charge in [0, 0.05) is 5.46 Å². The first-order valence-electron chi connectivity index (χ1n) is 4.65. The van der Waals surface area contributed by atoms with Crippen molar-refractivity contribution >= 4 is 28.5 Å². The maximum absolute atomic E-state index is 9.00. The molecule has 1 aromatic rings. The summed E-state index contributed by atoms with van der Waals surface area (Å²) < 4.78 is 25.8. The Balaban J connectivity index is 3.14. The van der Waals surface area contributed by atoms with E-state index in [9.17, 15) is 0 Å². The van der Waals surface area contributed by atoms with Gasteiger partial charge in [0.05, 0.1) is 15.6 Å². The van der Waals surface area contributed by atoms with Crippen LogP contribution >= 0.6 is 15.9 Å². The Morgan fingerprint density at radius 1 is 1.58 bits per heavy atom. The van der Waals surface area contributed by atoms with Crippen molar-refractivity contribution in [1.29, 1.82) is 0 Å². The molecule has 64 valence electrons. The molecule has 0 amide bonds. The van der Waals surface area contributed by atoms with Crippen LogP contribution in [0, 0.1) is 0 Å². The van der Waals surface area contributed by atoms with E-state index in [4.69, 9.17) is 14.2 Å². The summed E-state index contributed by atoms with van der Waals surface area (Å²) in [6, 6.07) is 4.47. The minimum atomic E-state index is -2.63. The van der Waals surface area contributed by atoms with Gasteiger partial charge in [0.25, 0.3) is 0 Å². The predicted octanol–water partition coefficient (Wildman–Crippen LogP) is 0.137. The zero-order valence-corrected chi connectivity index (χ0v) is 7.58. The minimum Gasteiger partial charge on any atom is -0.496 e. The smallest absolute Gasteiger partial charge is 0.492 e. The number of para-hydroxylation sites is 1. The summed E-state index contributed by atoms with van der Waals surface area (Å²) in [6.07, 6.45) is 0. The SMILES string of the molecule is [2H]C([2H])([2H])Oc1c(Br)cccc1B(O)O. The van der Waals surface area contributed by atoms with E-state index >= 15 is 0 Å². The molecule has 5 heteroatoms. The lowest BCUT2D eigenvalue weighted by Gasteiger charge is -2.08. The molecule has 0 unspecified atom stereocenters. The third kappa shape index (κ3) is 1.80. The molecule has 0 bridgehead atoms. The largest absolute Gasteiger partial charge is 0.496 e. The molecule has 0 fully saturated rings. The first kappa shape index (κ1) is 6.02. The second-order valence-electron chi connectivity index (χ2n) is 2.13. The van der Waals surface area contributed by atoms with Gasteiger partial charge in [0.2, 0.25) is 0 Å². The van der Waals surface area contributed by atoms with Crippen LogP contribution < -0.4 is 10.2 Å². The molecule has 0 saturated heterocycles. The Kier molecular flexibility index (Phi) is 1.97. The average molecular weight is 234 g/mol. The van der Waals surface area contributed by atoms with Gasteiger partial charge in [-0.1, -0.05) is 12.1 Å². The summed E-state index contributed by atoms with van der Waals surface area (Å²) in [4.78, 5) is 0. The first-order chi connectivity index (χ1) is 6.81. The molecule has 0 radical (unpaired) electrons. The highest BCUT2D eigenvalue weighted by molar-refractivity contribution is 9.10. The van der Waals surface area contributed by atoms with Crippen LogP contribution in [-0.2, 0) is 0 Å². The van der Waals surface area contributed by atoms with Gasteiger partial charge < -0.3 is 14.8 Å². The van der Waals surface area contributed by atoms with E-state index in [1.807, 2.05) is 0 Å². The fourth-order valence-electron chi connectivity index (χ4n) is 0.837. The molecule has 0 aliphatic heterocycles. The Bertz CT molecular complexity index is 356. The zero-order chi connectivity index (χ0) is 11.6. The van der Waals surface area contributed by atoms with Crippen LogP contribution in [0.1, 0.15) is 4.11 Å². The van der Waals surface area contributed by atoms with Gasteiger partial charge in [-0.3, -0.25) is 0 Å². The highest BCUT2D eigenvalue weighted by Crippen LogP contribution is 2.21. The summed E-state index contributed by atoms with van der Waals surface area (Å²) in [5, 5.41) is 18.0. The van der Waals surface area contributed by atoms with Gasteiger partial charge in [0.1, 0.15) is 5.75 Å². The molecular formula is C7H8BBrO3. The Morgan fingerprint density at radius 3 is 2.92 bits per heavy atom. The van der Waals surface area contributed by atoms with Crippen LogP contribution in [0.15, 0.2) is 22.7 Å². The second kappa shape index (κ2) is 3.93. The third-order valence-corrected chi connectivity index (χ3v) is 2.00. The van der Waals surface area contributed by atoms with E-state index in [-0.39, 0.29) is 11.2 Å². The molecule has 1 rings (SSSR count). The summed E-state index contributed by atoms with van der Waals surface area (Å²) in [5.41, 5.74) is 0.000463. The van der Waals surface area contributed by atoms with Crippen molar-refractivity contribution in [2.45, 2.75) is 0 Å². The van der Waals surface area contributed by atoms with Crippen molar-refractivity contribution in [3.05, 3.63) is 22.7 Å². The maximum Gasteiger partial charge on any atom is 0.492 e. The number of ether oxygens (including phenoxy) is 1. The van der Waals surface area contributed by atoms with Gasteiger partial charge in [-0.2, -0.15) is 0 Å². The molecule has 3 nitrogen and oxygen atoms in total. The van der Waals surface area contributed by atoms with E-state index in [0.717, 1.165) is 0 Å². The van der Waals surface area contributed by atoms with Crippen molar-refractivity contribution in [3.8, 4) is 5.75 Å². The van der Waals surface area contributed by atoms with E-state index in [1.165, 1.54) is 6.07 Å². The van der Waals surface area contributed by atoms with Gasteiger partial charge in [-0.15, -0.1) is 0 Å². The van der Waals surface area contributed by atoms with Crippen molar-refractivity contribution in [3.63, 3.8) is 0 Å². The molecule has 0 aliphatic carbocycles. The predicted molar refractivity (Wildman–Crippen MR) is 50.5 cm³/mol. The number of methoxy groups -OCH3 is 1. The lowest BCUT2D eigenvalue weighted by Crippen LogP contribution is -2.31. The molecule has 0 heterocycles. The van der Waals surface area contributed by atoms with Crippen LogP contribution in [-0.4, -0.2) is 24.2 Å². The van der Waals surface area contributed by atoms with Crippen molar-refractivity contribution in [1.82, 2.24) is 0 Å². The zero-order valence-electron chi connectivity index (χ0n) is 8.99. The minimum absolute atomic E-state index is 0.000463. The van der Waals surface area contributed by atoms with Gasteiger partial charge >= 0.3 is 7.12 Å². The average Bonchev–Trinajstić information content (AvgIpc) is 2.05. The van der Waals surface area contributed by atoms with Crippen molar-refractivity contribution in [2.24, 2.45) is 0 Å². The van der Waals surface area contributed by atoms with Crippen LogP contribution in [0.4, 0.5) is 0 Å². The summed E-state index contributed by atoms with van der Waals surface area (Å²) in [6.45, 7) is 0. The first-order valence-corrected chi connectivity index (χ1v) is 3.94. The molecule has 1 aromatic carbocycles. The maximum atomic E-state index is 9.00. The van der Waals surface area contributed by atoms with Gasteiger partial charge in [0.15, 0.2) is 0 Å². The molecular weight excluding hydrogens is 223 g/mol. The Morgan fingerprint density at radius 2 is 2.33 bits per heavy atom. The number of halogens is 1. The van der Waals surface area contributed by atoms with Crippen molar-refractivity contribution < 1.29 is 18.9 Å². The number of hydrogen-bond acceptors (Lipinski definition) is 3. The lowest BCUT2D eigenvalue weighted by molar-refractivity contribution is 0.401. The molecule has 12 heavy (non-hydrogen) atoms. The quantitative estimate of drug-likeness (QED) is 0.715. The highest BCUT2D eigenvalue weighted by Gasteiger charge is 2.17. The van der Waals surface area contributed by atoms with E-state index in [1.54, 1.807) is 12.1 Å². The monoisotopic (exact) mass is 233 g/mol. The molecule has 0 aliphatic rings. The summed E-state index contributed by atoms with van der Waals surface area (Å²) in [5.74, 6) is -0.0903. The molecule has 0 spiro atoms. The topological polar surface area (TPSA) is 49.7 Å². The Labute approximate surface area is 83.5 Å². The fourth-order valence-corrected chi connectivity index (χ4v) is 1.30. The van der Waals surface area contributed by atoms with E-state index < -0.39 is 14.2 Å². The molecule has 2 N–H and O–H groups in total. The van der Waals surface area contributed by atoms with Crippen LogP contribution in [0.3, 0.4) is 0 Å². The number of benzene rings is 1. The third-order valence-electron chi connectivity index (χ3n) is 1.38. The number of rotatable bonds is 2. The van der Waals surface area contributed by atoms with Crippen LogP contribution in [0.2, 0.25) is 0 Å². The summed E-state index contributed by atoms with van der Waals surface area (Å²) in [7, 11) is -4.41. The van der Waals surface area contributed by atoms with Gasteiger partial charge in [-0.05, 0) is 22.0 Å².